The zero-order valence-corrected chi connectivity index (χ0v) is 14.5. The Morgan fingerprint density at radius 2 is 2.08 bits per heavy atom. The topological polar surface area (TPSA) is 72.7 Å². The van der Waals surface area contributed by atoms with Crippen LogP contribution in [0.3, 0.4) is 0 Å². The lowest BCUT2D eigenvalue weighted by atomic mass is 10.2. The maximum absolute atomic E-state index is 12.5. The summed E-state index contributed by atoms with van der Waals surface area (Å²) >= 11 is 0. The Labute approximate surface area is 150 Å². The SMILES string of the molecule is CCCCn1nc(NC(=O)c2cccnc2)c2cc3ccccc3nc21. The fraction of sp³-hybridized carbons (Fsp3) is 0.200. The van der Waals surface area contributed by atoms with Crippen molar-refractivity contribution >= 4 is 33.7 Å². The first-order chi connectivity index (χ1) is 12.8. The molecule has 0 spiro atoms. The van der Waals surface area contributed by atoms with Crippen LogP contribution in [0.25, 0.3) is 21.9 Å². The summed E-state index contributed by atoms with van der Waals surface area (Å²) in [5, 5.41) is 9.39. The number of carbonyl (C=O) groups is 1. The minimum atomic E-state index is -0.228. The molecule has 130 valence electrons. The number of unbranched alkanes of at least 4 members (excludes halogenated alkanes) is 1. The molecule has 0 saturated carbocycles. The highest BCUT2D eigenvalue weighted by atomic mass is 16.1. The average molecular weight is 345 g/mol. The van der Waals surface area contributed by atoms with E-state index in [1.807, 2.05) is 35.0 Å². The van der Waals surface area contributed by atoms with Crippen molar-refractivity contribution in [2.45, 2.75) is 26.3 Å². The van der Waals surface area contributed by atoms with Gasteiger partial charge in [0.15, 0.2) is 11.5 Å². The number of fused-ring (bicyclic) bond motifs is 2. The molecule has 3 aromatic heterocycles. The number of aromatic nitrogens is 4. The second-order valence-corrected chi connectivity index (χ2v) is 6.17. The van der Waals surface area contributed by atoms with Crippen LogP contribution in [0, 0.1) is 0 Å². The van der Waals surface area contributed by atoms with Crippen molar-refractivity contribution in [2.24, 2.45) is 0 Å². The van der Waals surface area contributed by atoms with Crippen LogP contribution in [0.1, 0.15) is 30.1 Å². The minimum Gasteiger partial charge on any atom is -0.304 e. The van der Waals surface area contributed by atoms with Crippen molar-refractivity contribution in [3.8, 4) is 0 Å². The number of hydrogen-bond acceptors (Lipinski definition) is 4. The van der Waals surface area contributed by atoms with Gasteiger partial charge in [-0.1, -0.05) is 31.5 Å². The van der Waals surface area contributed by atoms with E-state index < -0.39 is 0 Å². The summed E-state index contributed by atoms with van der Waals surface area (Å²) in [4.78, 5) is 21.3. The quantitative estimate of drug-likeness (QED) is 0.593. The standard InChI is InChI=1S/C20H19N5O/c1-2-3-11-25-19-16(12-14-7-4-5-9-17(14)22-19)18(24-25)23-20(26)15-8-6-10-21-13-15/h4-10,12-13H,2-3,11H2,1H3,(H,23,24,26). The molecule has 1 N–H and O–H groups in total. The Morgan fingerprint density at radius 3 is 2.88 bits per heavy atom. The van der Waals surface area contributed by atoms with Crippen LogP contribution in [-0.2, 0) is 6.54 Å². The van der Waals surface area contributed by atoms with E-state index in [-0.39, 0.29) is 5.91 Å². The van der Waals surface area contributed by atoms with Gasteiger partial charge in [0, 0.05) is 24.3 Å². The fourth-order valence-electron chi connectivity index (χ4n) is 2.93. The summed E-state index contributed by atoms with van der Waals surface area (Å²) in [5.74, 6) is 0.302. The Bertz CT molecular complexity index is 1070. The highest BCUT2D eigenvalue weighted by Gasteiger charge is 2.16. The number of nitrogens with one attached hydrogen (secondary N) is 1. The van der Waals surface area contributed by atoms with Crippen molar-refractivity contribution in [3.05, 3.63) is 60.4 Å². The smallest absolute Gasteiger partial charge is 0.258 e. The van der Waals surface area contributed by atoms with Gasteiger partial charge < -0.3 is 5.32 Å². The molecule has 1 aromatic carbocycles. The van der Waals surface area contributed by atoms with Crippen LogP contribution in [0.5, 0.6) is 0 Å². The van der Waals surface area contributed by atoms with E-state index in [0.717, 1.165) is 41.3 Å². The van der Waals surface area contributed by atoms with Crippen LogP contribution < -0.4 is 5.32 Å². The van der Waals surface area contributed by atoms with E-state index in [2.05, 4.69) is 22.3 Å². The first-order valence-electron chi connectivity index (χ1n) is 8.74. The van der Waals surface area contributed by atoms with E-state index in [4.69, 9.17) is 4.98 Å². The molecular formula is C20H19N5O. The number of nitrogens with zero attached hydrogens (tertiary/aromatic N) is 4. The Balaban J connectivity index is 1.80. The highest BCUT2D eigenvalue weighted by molar-refractivity contribution is 6.08. The molecule has 0 saturated heterocycles. The van der Waals surface area contributed by atoms with Crippen molar-refractivity contribution in [1.29, 1.82) is 0 Å². The third-order valence-corrected chi connectivity index (χ3v) is 4.30. The predicted molar refractivity (Wildman–Crippen MR) is 102 cm³/mol. The van der Waals surface area contributed by atoms with Gasteiger partial charge >= 0.3 is 0 Å². The van der Waals surface area contributed by atoms with E-state index in [0.29, 0.717) is 11.4 Å². The molecule has 4 rings (SSSR count). The lowest BCUT2D eigenvalue weighted by molar-refractivity contribution is 0.102. The maximum Gasteiger partial charge on any atom is 0.258 e. The van der Waals surface area contributed by atoms with Crippen LogP contribution in [-0.4, -0.2) is 25.7 Å². The minimum absolute atomic E-state index is 0.228. The van der Waals surface area contributed by atoms with Gasteiger partial charge in [0.05, 0.1) is 16.5 Å². The normalized spacial score (nSPS) is 11.1. The molecule has 4 aromatic rings. The van der Waals surface area contributed by atoms with Gasteiger partial charge in [-0.2, -0.15) is 5.10 Å². The third-order valence-electron chi connectivity index (χ3n) is 4.30. The molecule has 0 aliphatic heterocycles. The molecule has 1 amide bonds. The Morgan fingerprint density at radius 1 is 1.19 bits per heavy atom. The molecule has 0 aliphatic carbocycles. The van der Waals surface area contributed by atoms with E-state index >= 15 is 0 Å². The molecule has 0 unspecified atom stereocenters. The molecule has 0 atom stereocenters. The number of aryl methyl sites for hydroxylation is 1. The van der Waals surface area contributed by atoms with Crippen LogP contribution in [0.2, 0.25) is 0 Å². The largest absolute Gasteiger partial charge is 0.304 e. The van der Waals surface area contributed by atoms with Gasteiger partial charge in [-0.05, 0) is 30.7 Å². The molecule has 0 fully saturated rings. The molecule has 3 heterocycles. The van der Waals surface area contributed by atoms with Crippen LogP contribution in [0.15, 0.2) is 54.9 Å². The van der Waals surface area contributed by atoms with Crippen molar-refractivity contribution in [2.75, 3.05) is 5.32 Å². The molecule has 6 nitrogen and oxygen atoms in total. The number of anilines is 1. The van der Waals surface area contributed by atoms with Crippen molar-refractivity contribution in [3.63, 3.8) is 0 Å². The number of carbonyl (C=O) groups excluding carboxylic acids is 1. The summed E-state index contributed by atoms with van der Waals surface area (Å²) in [6.07, 6.45) is 5.24. The zero-order chi connectivity index (χ0) is 17.9. The predicted octanol–water partition coefficient (Wildman–Crippen LogP) is 4.03. The highest BCUT2D eigenvalue weighted by Crippen LogP contribution is 2.26. The van der Waals surface area contributed by atoms with Crippen molar-refractivity contribution < 1.29 is 4.79 Å². The summed E-state index contributed by atoms with van der Waals surface area (Å²) in [6, 6.07) is 13.4. The molecule has 6 heteroatoms. The van der Waals surface area contributed by atoms with Crippen LogP contribution in [0.4, 0.5) is 5.82 Å². The van der Waals surface area contributed by atoms with Gasteiger partial charge in [0.2, 0.25) is 0 Å². The van der Waals surface area contributed by atoms with E-state index in [1.165, 1.54) is 0 Å². The monoisotopic (exact) mass is 345 g/mol. The molecule has 0 aliphatic rings. The fourth-order valence-corrected chi connectivity index (χ4v) is 2.93. The number of rotatable bonds is 5. The molecular weight excluding hydrogens is 326 g/mol. The zero-order valence-electron chi connectivity index (χ0n) is 14.5. The number of benzene rings is 1. The summed E-state index contributed by atoms with van der Waals surface area (Å²) in [5.41, 5.74) is 2.21. The maximum atomic E-state index is 12.5. The summed E-state index contributed by atoms with van der Waals surface area (Å²) in [7, 11) is 0. The summed E-state index contributed by atoms with van der Waals surface area (Å²) < 4.78 is 1.88. The van der Waals surface area contributed by atoms with Crippen molar-refractivity contribution in [1.82, 2.24) is 19.7 Å². The first-order valence-corrected chi connectivity index (χ1v) is 8.74. The lowest BCUT2D eigenvalue weighted by Gasteiger charge is -2.02. The second-order valence-electron chi connectivity index (χ2n) is 6.17. The third kappa shape index (κ3) is 3.01. The second kappa shape index (κ2) is 6.92. The van der Waals surface area contributed by atoms with Crippen LogP contribution >= 0.6 is 0 Å². The molecule has 26 heavy (non-hydrogen) atoms. The lowest BCUT2D eigenvalue weighted by Crippen LogP contribution is -2.13. The average Bonchev–Trinajstić information content (AvgIpc) is 3.01. The number of hydrogen-bond donors (Lipinski definition) is 1. The summed E-state index contributed by atoms with van der Waals surface area (Å²) in [6.45, 7) is 2.90. The Hall–Kier alpha value is -3.28. The van der Waals surface area contributed by atoms with E-state index in [9.17, 15) is 4.79 Å². The van der Waals surface area contributed by atoms with Gasteiger partial charge in [-0.15, -0.1) is 0 Å². The van der Waals surface area contributed by atoms with E-state index in [1.54, 1.807) is 24.5 Å². The molecule has 0 bridgehead atoms. The number of pyridine rings is 2. The van der Waals surface area contributed by atoms with Gasteiger partial charge in [-0.3, -0.25) is 9.78 Å². The van der Waals surface area contributed by atoms with Gasteiger partial charge in [0.25, 0.3) is 5.91 Å². The molecule has 0 radical (unpaired) electrons. The number of amides is 1. The first kappa shape index (κ1) is 16.2. The number of para-hydroxylation sites is 1. The van der Waals surface area contributed by atoms with Gasteiger partial charge in [0.1, 0.15) is 0 Å². The van der Waals surface area contributed by atoms with Gasteiger partial charge in [-0.25, -0.2) is 9.67 Å². The Kier molecular flexibility index (Phi) is 4.31.